The number of alkyl halides is 2. The first-order valence-corrected chi connectivity index (χ1v) is 6.54. The summed E-state index contributed by atoms with van der Waals surface area (Å²) in [4.78, 5) is 0. The van der Waals surface area contributed by atoms with Gasteiger partial charge in [-0.15, -0.1) is 0 Å². The summed E-state index contributed by atoms with van der Waals surface area (Å²) in [6, 6.07) is 0. The minimum atomic E-state index is -2.72. The molecule has 0 aromatic carbocycles. The fraction of sp³-hybridized carbons (Fsp3) is 1.00. The Morgan fingerprint density at radius 1 is 1.12 bits per heavy atom. The van der Waals surface area contributed by atoms with Gasteiger partial charge in [-0.2, -0.15) is 0 Å². The number of halogens is 2. The molecule has 0 heterocycles. The van der Waals surface area contributed by atoms with Gasteiger partial charge in [-0.3, -0.25) is 0 Å². The van der Waals surface area contributed by atoms with Gasteiger partial charge < -0.3 is 10.2 Å². The largest absolute Gasteiger partial charge is 0.396 e. The molecule has 2 nitrogen and oxygen atoms in total. The summed E-state index contributed by atoms with van der Waals surface area (Å²) in [6.07, 6.45) is 2.50. The Bertz CT molecular complexity index is 285. The summed E-state index contributed by atoms with van der Waals surface area (Å²) >= 11 is 0. The number of hydrogen-bond donors (Lipinski definition) is 2. The molecule has 0 radical (unpaired) electrons. The van der Waals surface area contributed by atoms with Gasteiger partial charge in [-0.25, -0.2) is 8.78 Å². The van der Waals surface area contributed by atoms with E-state index >= 15 is 0 Å². The van der Waals surface area contributed by atoms with Gasteiger partial charge in [0.05, 0.1) is 12.2 Å². The van der Waals surface area contributed by atoms with E-state index in [0.717, 1.165) is 12.8 Å². The summed E-state index contributed by atoms with van der Waals surface area (Å²) in [5.74, 6) is -2.17. The summed E-state index contributed by atoms with van der Waals surface area (Å²) in [6.45, 7) is 1.79. The molecule has 2 aliphatic carbocycles. The van der Waals surface area contributed by atoms with Crippen LogP contribution in [0.2, 0.25) is 0 Å². The first-order chi connectivity index (χ1) is 7.83. The van der Waals surface area contributed by atoms with Gasteiger partial charge in [0.25, 0.3) is 0 Å². The lowest BCUT2D eigenvalue weighted by molar-refractivity contribution is -0.146. The lowest BCUT2D eigenvalue weighted by atomic mass is 9.63. The van der Waals surface area contributed by atoms with Crippen molar-refractivity contribution in [2.75, 3.05) is 6.61 Å². The zero-order valence-corrected chi connectivity index (χ0v) is 10.4. The minimum absolute atomic E-state index is 0.203. The van der Waals surface area contributed by atoms with Crippen LogP contribution in [0.1, 0.15) is 51.9 Å². The standard InChI is InChI=1S/C13H22F2O2/c1-10-2-4-12(17,5-3-10)11(9-16)6-7-13(14,15)8-11/h10,16-17H,2-9H2,1H3. The molecule has 2 saturated carbocycles. The second-order valence-corrected chi connectivity index (χ2v) is 6.19. The maximum absolute atomic E-state index is 13.4. The van der Waals surface area contributed by atoms with Crippen molar-refractivity contribution in [1.82, 2.24) is 0 Å². The van der Waals surface area contributed by atoms with E-state index in [2.05, 4.69) is 6.92 Å². The Morgan fingerprint density at radius 2 is 1.71 bits per heavy atom. The van der Waals surface area contributed by atoms with Gasteiger partial charge in [0, 0.05) is 18.3 Å². The van der Waals surface area contributed by atoms with Crippen molar-refractivity contribution < 1.29 is 19.0 Å². The average molecular weight is 248 g/mol. The van der Waals surface area contributed by atoms with E-state index < -0.39 is 16.9 Å². The van der Waals surface area contributed by atoms with E-state index in [0.29, 0.717) is 18.8 Å². The van der Waals surface area contributed by atoms with Crippen molar-refractivity contribution in [2.45, 2.75) is 63.4 Å². The van der Waals surface area contributed by atoms with E-state index in [1.54, 1.807) is 0 Å². The molecule has 0 amide bonds. The Morgan fingerprint density at radius 3 is 2.12 bits per heavy atom. The summed E-state index contributed by atoms with van der Waals surface area (Å²) < 4.78 is 26.8. The molecular weight excluding hydrogens is 226 g/mol. The molecule has 100 valence electrons. The molecule has 0 spiro atoms. The van der Waals surface area contributed by atoms with Crippen LogP contribution in [0, 0.1) is 11.3 Å². The third-order valence-electron chi connectivity index (χ3n) is 4.96. The minimum Gasteiger partial charge on any atom is -0.396 e. The monoisotopic (exact) mass is 248 g/mol. The molecule has 0 saturated heterocycles. The molecule has 0 bridgehead atoms. The first kappa shape index (κ1) is 13.2. The predicted molar refractivity (Wildman–Crippen MR) is 60.9 cm³/mol. The molecule has 0 aliphatic heterocycles. The Balaban J connectivity index is 2.18. The SMILES string of the molecule is CC1CCC(O)(C2(CO)CCC(F)(F)C2)CC1. The van der Waals surface area contributed by atoms with Crippen LogP contribution >= 0.6 is 0 Å². The van der Waals surface area contributed by atoms with Gasteiger partial charge in [0.1, 0.15) is 0 Å². The fourth-order valence-corrected chi connectivity index (χ4v) is 3.54. The summed E-state index contributed by atoms with van der Waals surface area (Å²) in [5.41, 5.74) is -2.06. The zero-order chi connectivity index (χ0) is 12.7. The molecule has 2 N–H and O–H groups in total. The number of aliphatic hydroxyl groups is 2. The van der Waals surface area contributed by atoms with Gasteiger partial charge in [0.2, 0.25) is 5.92 Å². The van der Waals surface area contributed by atoms with Crippen LogP contribution in [-0.2, 0) is 0 Å². The lowest BCUT2D eigenvalue weighted by Crippen LogP contribution is -2.51. The van der Waals surface area contributed by atoms with Crippen molar-refractivity contribution in [2.24, 2.45) is 11.3 Å². The van der Waals surface area contributed by atoms with Crippen molar-refractivity contribution in [3.8, 4) is 0 Å². The van der Waals surface area contributed by atoms with Crippen LogP contribution in [0.15, 0.2) is 0 Å². The highest BCUT2D eigenvalue weighted by Crippen LogP contribution is 2.57. The number of hydrogen-bond acceptors (Lipinski definition) is 2. The average Bonchev–Trinajstić information content (AvgIpc) is 2.61. The Hall–Kier alpha value is -0.220. The molecule has 17 heavy (non-hydrogen) atoms. The van der Waals surface area contributed by atoms with E-state index in [1.165, 1.54) is 0 Å². The highest BCUT2D eigenvalue weighted by molar-refractivity contribution is 5.06. The van der Waals surface area contributed by atoms with Crippen molar-refractivity contribution in [3.05, 3.63) is 0 Å². The maximum Gasteiger partial charge on any atom is 0.248 e. The highest BCUT2D eigenvalue weighted by atomic mass is 19.3. The number of aliphatic hydroxyl groups excluding tert-OH is 1. The molecule has 2 fully saturated rings. The van der Waals surface area contributed by atoms with Gasteiger partial charge in [-0.1, -0.05) is 6.92 Å². The van der Waals surface area contributed by atoms with Crippen molar-refractivity contribution in [1.29, 1.82) is 0 Å². The molecule has 0 aromatic rings. The second-order valence-electron chi connectivity index (χ2n) is 6.19. The van der Waals surface area contributed by atoms with Crippen LogP contribution in [-0.4, -0.2) is 28.3 Å². The summed E-state index contributed by atoms with van der Waals surface area (Å²) in [5, 5.41) is 20.2. The van der Waals surface area contributed by atoms with Crippen LogP contribution in [0.25, 0.3) is 0 Å². The van der Waals surface area contributed by atoms with Crippen LogP contribution in [0.3, 0.4) is 0 Å². The van der Waals surface area contributed by atoms with Gasteiger partial charge in [0.15, 0.2) is 0 Å². The normalized spacial score (nSPS) is 46.1. The third-order valence-corrected chi connectivity index (χ3v) is 4.96. The quantitative estimate of drug-likeness (QED) is 0.789. The Labute approximate surface area is 101 Å². The van der Waals surface area contributed by atoms with Crippen LogP contribution in [0.5, 0.6) is 0 Å². The molecular formula is C13H22F2O2. The second kappa shape index (κ2) is 4.16. The van der Waals surface area contributed by atoms with E-state index in [4.69, 9.17) is 0 Å². The first-order valence-electron chi connectivity index (χ1n) is 6.54. The van der Waals surface area contributed by atoms with Gasteiger partial charge >= 0.3 is 0 Å². The number of rotatable bonds is 2. The van der Waals surface area contributed by atoms with Crippen LogP contribution < -0.4 is 0 Å². The summed E-state index contributed by atoms with van der Waals surface area (Å²) in [7, 11) is 0. The fourth-order valence-electron chi connectivity index (χ4n) is 3.54. The molecule has 0 aromatic heterocycles. The van der Waals surface area contributed by atoms with E-state index in [1.807, 2.05) is 0 Å². The van der Waals surface area contributed by atoms with E-state index in [9.17, 15) is 19.0 Å². The lowest BCUT2D eigenvalue weighted by Gasteiger charge is -2.47. The molecule has 2 aliphatic rings. The smallest absolute Gasteiger partial charge is 0.248 e. The Kier molecular flexibility index (Phi) is 3.24. The predicted octanol–water partition coefficient (Wildman–Crippen LogP) is 2.73. The molecule has 1 atom stereocenters. The van der Waals surface area contributed by atoms with Crippen LogP contribution in [0.4, 0.5) is 8.78 Å². The zero-order valence-electron chi connectivity index (χ0n) is 10.4. The molecule has 4 heteroatoms. The maximum atomic E-state index is 13.4. The third kappa shape index (κ3) is 2.22. The topological polar surface area (TPSA) is 40.5 Å². The molecule has 1 unspecified atom stereocenters. The highest BCUT2D eigenvalue weighted by Gasteiger charge is 2.59. The van der Waals surface area contributed by atoms with Crippen molar-refractivity contribution >= 4 is 0 Å². The van der Waals surface area contributed by atoms with Gasteiger partial charge in [-0.05, 0) is 38.0 Å². The van der Waals surface area contributed by atoms with E-state index in [-0.39, 0.29) is 25.9 Å². The van der Waals surface area contributed by atoms with Crippen molar-refractivity contribution in [3.63, 3.8) is 0 Å². The molecule has 2 rings (SSSR count).